The van der Waals surface area contributed by atoms with Crippen molar-refractivity contribution in [3.8, 4) is 11.5 Å². The van der Waals surface area contributed by atoms with Crippen LogP contribution in [-0.4, -0.2) is 106 Å². The highest BCUT2D eigenvalue weighted by Gasteiger charge is 2.18. The number of rotatable bonds is 13. The number of nitrogens with zero attached hydrogens (tertiary/aromatic N) is 2. The molecular formula is C42H58FIN6O11S2. The zero-order valence-electron chi connectivity index (χ0n) is 38.5. The fourth-order valence-corrected chi connectivity index (χ4v) is 5.46. The van der Waals surface area contributed by atoms with Crippen molar-refractivity contribution in [2.45, 2.75) is 79.4 Å². The highest BCUT2D eigenvalue weighted by molar-refractivity contribution is 14.1. The van der Waals surface area contributed by atoms with Gasteiger partial charge >= 0.3 is 35.9 Å². The molecule has 2 aromatic heterocycles. The van der Waals surface area contributed by atoms with E-state index in [0.717, 1.165) is 21.1 Å². The normalized spacial score (nSPS) is 10.6. The number of carbonyl (C=O) groups is 6. The van der Waals surface area contributed by atoms with Crippen LogP contribution in [0.15, 0.2) is 59.3 Å². The van der Waals surface area contributed by atoms with Gasteiger partial charge in [0, 0.05) is 25.2 Å². The van der Waals surface area contributed by atoms with E-state index >= 15 is 0 Å². The number of aromatic carboxylic acids is 1. The first-order valence-corrected chi connectivity index (χ1v) is 22.0. The van der Waals surface area contributed by atoms with Gasteiger partial charge in [-0.1, -0.05) is 46.9 Å². The van der Waals surface area contributed by atoms with Gasteiger partial charge < -0.3 is 45.7 Å². The van der Waals surface area contributed by atoms with Crippen molar-refractivity contribution >= 4 is 81.2 Å². The van der Waals surface area contributed by atoms with E-state index in [1.807, 2.05) is 41.6 Å². The lowest BCUT2D eigenvalue weighted by atomic mass is 10.1. The van der Waals surface area contributed by atoms with Gasteiger partial charge in [-0.15, -0.1) is 22.7 Å². The zero-order valence-corrected chi connectivity index (χ0v) is 40.3. The number of aromatic hydroxyl groups is 1. The summed E-state index contributed by atoms with van der Waals surface area (Å²) in [4.78, 5) is 76.6. The van der Waals surface area contributed by atoms with Crippen molar-refractivity contribution in [1.82, 2.24) is 31.2 Å². The Morgan fingerprint density at radius 2 is 1.10 bits per heavy atom. The summed E-state index contributed by atoms with van der Waals surface area (Å²) in [6, 6.07) is 12.9. The first-order valence-electron chi connectivity index (χ1n) is 20.2. The number of hydrogen-bond acceptors (Lipinski definition) is 14. The molecule has 4 amide bonds. The smallest absolute Gasteiger partial charge is 0.363 e. The standard InChI is InChI=1S/C20H25N3O5S.C15H22N2O4.C5H5NO2S.CH3F.CH3I/c1-13-23-16(12-29-13)18(25)27-15-7-5-14(6-8-15)9-10-21-19(26)22-11-17(24)28-20(2,3)4;1-15(2,3)21-13(19)10-17-14(20)16-9-8-11-4-6-12(18)7-5-11;1-3-6-4(2-9-3)5(7)8;2*1-2/h5-8,12H,9-11H2,1-4H3,(H2,21,22,26);4-7,18H,8-10H2,1-3H3,(H2,16,17,20);2H,1H3,(H,7,8);2*1H3/i;;;2*1D. The zero-order chi connectivity index (χ0) is 49.6. The van der Waals surface area contributed by atoms with Gasteiger partial charge in [0.1, 0.15) is 35.8 Å². The maximum Gasteiger partial charge on any atom is 0.363 e. The minimum atomic E-state index is -1.00. The number of benzene rings is 2. The predicted molar refractivity (Wildman–Crippen MR) is 249 cm³/mol. The molecular weight excluding hydrogens is 975 g/mol. The highest BCUT2D eigenvalue weighted by Crippen LogP contribution is 2.16. The first kappa shape index (κ1) is 53.7. The molecule has 0 bridgehead atoms. The number of thiazole rings is 2. The van der Waals surface area contributed by atoms with E-state index in [4.69, 9.17) is 27.2 Å². The Morgan fingerprint density at radius 1 is 0.714 bits per heavy atom. The number of alkyl halides is 2. The van der Waals surface area contributed by atoms with Gasteiger partial charge in [0.2, 0.25) is 0 Å². The molecule has 63 heavy (non-hydrogen) atoms. The van der Waals surface area contributed by atoms with Crippen LogP contribution >= 0.6 is 45.3 Å². The number of phenolic OH excluding ortho intramolecular Hbond substituents is 1. The van der Waals surface area contributed by atoms with Crippen molar-refractivity contribution < 1.29 is 60.3 Å². The number of aromatic nitrogens is 2. The molecule has 6 N–H and O–H groups in total. The van der Waals surface area contributed by atoms with Crippen LogP contribution in [0.1, 0.15) is 86.4 Å². The Morgan fingerprint density at radius 3 is 1.43 bits per heavy atom. The molecule has 4 aromatic rings. The van der Waals surface area contributed by atoms with Crippen LogP contribution < -0.4 is 26.0 Å². The van der Waals surface area contributed by atoms with Gasteiger partial charge in [0.25, 0.3) is 0 Å². The summed E-state index contributed by atoms with van der Waals surface area (Å²) in [7, 11) is -1.00. The number of aryl methyl sites for hydroxylation is 2. The van der Waals surface area contributed by atoms with Crippen LogP contribution in [0.25, 0.3) is 0 Å². The fourth-order valence-electron chi connectivity index (χ4n) is 4.29. The van der Waals surface area contributed by atoms with Crippen LogP contribution in [0.3, 0.4) is 0 Å². The van der Waals surface area contributed by atoms with Crippen LogP contribution in [0.2, 0.25) is 0 Å². The van der Waals surface area contributed by atoms with Gasteiger partial charge in [-0.25, -0.2) is 29.1 Å². The Bertz CT molecular complexity index is 2050. The molecule has 0 saturated carbocycles. The van der Waals surface area contributed by atoms with E-state index < -0.39 is 54.3 Å². The molecule has 17 nitrogen and oxygen atoms in total. The average molecular weight is 1040 g/mol. The topological polar surface area (TPSA) is 244 Å². The largest absolute Gasteiger partial charge is 0.508 e. The third-order valence-electron chi connectivity index (χ3n) is 6.76. The van der Waals surface area contributed by atoms with Gasteiger partial charge in [-0.2, -0.15) is 0 Å². The lowest BCUT2D eigenvalue weighted by Gasteiger charge is -2.19. The van der Waals surface area contributed by atoms with Crippen molar-refractivity contribution in [2.75, 3.05) is 38.2 Å². The van der Waals surface area contributed by atoms with Crippen molar-refractivity contribution in [3.05, 3.63) is 91.8 Å². The first-order chi connectivity index (χ1) is 30.4. The predicted octanol–water partition coefficient (Wildman–Crippen LogP) is 7.22. The maximum atomic E-state index is 12.0. The maximum absolute atomic E-state index is 12.0. The Kier molecular flexibility index (Phi) is 26.1. The molecule has 0 aliphatic carbocycles. The molecule has 0 saturated heterocycles. The SMILES string of the molecule is CC(C)(C)OC(=O)CNC(=O)NCCc1ccc(O)cc1.Cc1nc(C(=O)O)cs1.Cc1nc(C(=O)Oc2ccc(CCNC(=O)NCC(=O)OC(C)(C)C)cc2)cs1.[2H]CF.[2H]CI. The number of ether oxygens (including phenoxy) is 3. The molecule has 0 radical (unpaired) electrons. The summed E-state index contributed by atoms with van der Waals surface area (Å²) < 4.78 is 37.2. The van der Waals surface area contributed by atoms with E-state index in [1.54, 1.807) is 90.2 Å². The number of carboxylic acid groups (broad SMARTS) is 1. The number of carbonyl (C=O) groups excluding carboxylic acids is 5. The Labute approximate surface area is 391 Å². The number of nitrogens with one attached hydrogen (secondary N) is 4. The third kappa shape index (κ3) is 28.7. The number of carboxylic acids is 1. The summed E-state index contributed by atoms with van der Waals surface area (Å²) in [6.45, 7) is 14.6. The number of urea groups is 2. The van der Waals surface area contributed by atoms with Crippen LogP contribution in [0.4, 0.5) is 14.0 Å². The summed E-state index contributed by atoms with van der Waals surface area (Å²) in [5, 5.41) is 32.5. The monoisotopic (exact) mass is 1030 g/mol. The van der Waals surface area contributed by atoms with E-state index in [1.165, 1.54) is 28.1 Å². The molecule has 0 fully saturated rings. The number of phenols is 1. The Hall–Kier alpha value is -5.42. The van der Waals surface area contributed by atoms with Crippen molar-refractivity contribution in [3.63, 3.8) is 0 Å². The Balaban J connectivity index is 0.000000983. The molecule has 0 spiro atoms. The van der Waals surface area contributed by atoms with E-state index in [-0.39, 0.29) is 30.2 Å². The second-order valence-electron chi connectivity index (χ2n) is 14.4. The molecule has 4 rings (SSSR count). The minimum Gasteiger partial charge on any atom is -0.508 e. The molecule has 21 heteroatoms. The molecule has 0 aliphatic rings. The summed E-state index contributed by atoms with van der Waals surface area (Å²) in [6.07, 6.45) is 1.22. The quantitative estimate of drug-likeness (QED) is 0.0336. The number of halogens is 2. The van der Waals surface area contributed by atoms with Gasteiger partial charge in [0.05, 0.1) is 18.5 Å². The van der Waals surface area contributed by atoms with E-state index in [2.05, 4.69) is 31.2 Å². The number of hydrogen-bond donors (Lipinski definition) is 6. The molecule has 0 aliphatic heterocycles. The fraction of sp³-hybridized carbons (Fsp3) is 0.429. The van der Waals surface area contributed by atoms with Crippen LogP contribution in [0.5, 0.6) is 11.5 Å². The lowest BCUT2D eigenvalue weighted by Crippen LogP contribution is -2.41. The van der Waals surface area contributed by atoms with Crippen molar-refractivity contribution in [2.24, 2.45) is 0 Å². The molecule has 2 heterocycles. The second-order valence-corrected chi connectivity index (χ2v) is 16.5. The molecule has 0 atom stereocenters. The summed E-state index contributed by atoms with van der Waals surface area (Å²) in [5.74, 6) is -1.79. The van der Waals surface area contributed by atoms with Crippen LogP contribution in [-0.2, 0) is 31.9 Å². The second kappa shape index (κ2) is 30.6. The van der Waals surface area contributed by atoms with E-state index in [0.29, 0.717) is 36.6 Å². The van der Waals surface area contributed by atoms with Gasteiger partial charge in [-0.05, 0) is 109 Å². The van der Waals surface area contributed by atoms with Gasteiger partial charge in [0.15, 0.2) is 11.4 Å². The summed E-state index contributed by atoms with van der Waals surface area (Å²) in [5.41, 5.74) is 1.24. The lowest BCUT2D eigenvalue weighted by molar-refractivity contribution is -0.154. The third-order valence-corrected chi connectivity index (χ3v) is 8.31. The average Bonchev–Trinajstić information content (AvgIpc) is 3.86. The molecule has 348 valence electrons. The highest BCUT2D eigenvalue weighted by atomic mass is 127. The number of amides is 4. The van der Waals surface area contributed by atoms with Crippen molar-refractivity contribution in [1.29, 1.82) is 0 Å². The van der Waals surface area contributed by atoms with Gasteiger partial charge in [-0.3, -0.25) is 14.0 Å². The number of esters is 3. The van der Waals surface area contributed by atoms with E-state index in [9.17, 15) is 33.2 Å². The van der Waals surface area contributed by atoms with Crippen LogP contribution in [0, 0.1) is 13.8 Å². The molecule has 2 aromatic carbocycles. The summed E-state index contributed by atoms with van der Waals surface area (Å²) >= 11 is 4.68. The molecule has 0 unspecified atom stereocenters. The minimum absolute atomic E-state index is 0.137.